The molecule has 6 heteroatoms. The van der Waals surface area contributed by atoms with Gasteiger partial charge >= 0.3 is 0 Å². The van der Waals surface area contributed by atoms with Gasteiger partial charge in [0, 0.05) is 19.4 Å². The van der Waals surface area contributed by atoms with Crippen molar-refractivity contribution in [1.29, 1.82) is 0 Å². The third kappa shape index (κ3) is 6.12. The van der Waals surface area contributed by atoms with Crippen molar-refractivity contribution in [2.24, 2.45) is 0 Å². The minimum absolute atomic E-state index is 0.240. The summed E-state index contributed by atoms with van der Waals surface area (Å²) in [6.07, 6.45) is 2.64. The molecule has 1 heterocycles. The lowest BCUT2D eigenvalue weighted by Crippen LogP contribution is -2.41. The van der Waals surface area contributed by atoms with E-state index >= 15 is 0 Å². The van der Waals surface area contributed by atoms with E-state index in [1.807, 2.05) is 30.3 Å². The second-order valence-corrected chi connectivity index (χ2v) is 12.9. The predicted molar refractivity (Wildman–Crippen MR) is 111 cm³/mol. The lowest BCUT2D eigenvalue weighted by Gasteiger charge is -2.36. The molecule has 0 bridgehead atoms. The van der Waals surface area contributed by atoms with Crippen LogP contribution in [0.4, 0.5) is 0 Å². The Hall–Kier alpha value is -1.76. The molecule has 0 aliphatic carbocycles. The van der Waals surface area contributed by atoms with Gasteiger partial charge in [0.25, 0.3) is 0 Å². The summed E-state index contributed by atoms with van der Waals surface area (Å²) in [5, 5.41) is 0.240. The van der Waals surface area contributed by atoms with Crippen LogP contribution in [0.5, 0.6) is 5.75 Å². The minimum atomic E-state index is -1.67. The van der Waals surface area contributed by atoms with Gasteiger partial charge in [0.1, 0.15) is 5.75 Å². The van der Waals surface area contributed by atoms with Gasteiger partial charge in [-0.15, -0.1) is 0 Å². The summed E-state index contributed by atoms with van der Waals surface area (Å²) in [5.74, 6) is 1.41. The van der Waals surface area contributed by atoms with E-state index in [4.69, 9.17) is 13.9 Å². The summed E-state index contributed by atoms with van der Waals surface area (Å²) >= 11 is 0. The van der Waals surface area contributed by atoms with Crippen molar-refractivity contribution in [2.45, 2.75) is 51.9 Å². The minimum Gasteiger partial charge on any atom is -0.496 e. The Morgan fingerprint density at radius 3 is 2.48 bits per heavy atom. The molecule has 5 nitrogen and oxygen atoms in total. The highest BCUT2D eigenvalue weighted by molar-refractivity contribution is 6.74. The van der Waals surface area contributed by atoms with Crippen molar-refractivity contribution < 1.29 is 13.9 Å². The molecule has 0 saturated carbocycles. The van der Waals surface area contributed by atoms with Gasteiger partial charge in [0.15, 0.2) is 14.1 Å². The van der Waals surface area contributed by atoms with Gasteiger partial charge in [-0.3, -0.25) is 0 Å². The van der Waals surface area contributed by atoms with Gasteiger partial charge in [-0.25, -0.2) is 9.97 Å². The van der Waals surface area contributed by atoms with Crippen LogP contribution in [0.3, 0.4) is 0 Å². The smallest absolute Gasteiger partial charge is 0.191 e. The number of aromatic nitrogens is 2. The maximum atomic E-state index is 6.17. The molecule has 0 aliphatic rings. The van der Waals surface area contributed by atoms with Gasteiger partial charge < -0.3 is 13.9 Å². The molecule has 2 rings (SSSR count). The van der Waals surface area contributed by atoms with Crippen LogP contribution in [0.2, 0.25) is 18.1 Å². The van der Waals surface area contributed by atoms with E-state index in [9.17, 15) is 0 Å². The molecule has 0 amide bonds. The predicted octanol–water partition coefficient (Wildman–Crippen LogP) is 5.08. The van der Waals surface area contributed by atoms with Gasteiger partial charge in [0.2, 0.25) is 0 Å². The second-order valence-electron chi connectivity index (χ2n) is 8.09. The van der Waals surface area contributed by atoms with Crippen LogP contribution >= 0.6 is 0 Å². The van der Waals surface area contributed by atoms with E-state index in [0.717, 1.165) is 30.0 Å². The topological polar surface area (TPSA) is 53.5 Å². The largest absolute Gasteiger partial charge is 0.496 e. The zero-order valence-corrected chi connectivity index (χ0v) is 18.4. The summed E-state index contributed by atoms with van der Waals surface area (Å²) in [5.41, 5.74) is 1.74. The third-order valence-corrected chi connectivity index (χ3v) is 9.55. The van der Waals surface area contributed by atoms with E-state index in [2.05, 4.69) is 43.8 Å². The fraction of sp³-hybridized carbons (Fsp3) is 0.524. The monoisotopic (exact) mass is 388 g/mol. The first-order valence-corrected chi connectivity index (χ1v) is 12.3. The first kappa shape index (κ1) is 21.5. The van der Waals surface area contributed by atoms with Crippen LogP contribution in [0.25, 0.3) is 11.4 Å². The second kappa shape index (κ2) is 9.44. The van der Waals surface area contributed by atoms with E-state index in [-0.39, 0.29) is 5.04 Å². The molecule has 1 aromatic carbocycles. The summed E-state index contributed by atoms with van der Waals surface area (Å²) in [6, 6.07) is 9.63. The highest BCUT2D eigenvalue weighted by atomic mass is 28.4. The van der Waals surface area contributed by atoms with Crippen molar-refractivity contribution in [3.8, 4) is 17.1 Å². The highest BCUT2D eigenvalue weighted by Gasteiger charge is 2.36. The summed E-state index contributed by atoms with van der Waals surface area (Å²) in [4.78, 5) is 8.96. The van der Waals surface area contributed by atoms with Crippen LogP contribution in [-0.2, 0) is 15.8 Å². The number of hydrogen-bond acceptors (Lipinski definition) is 5. The van der Waals surface area contributed by atoms with Gasteiger partial charge in [-0.05, 0) is 42.8 Å². The molecule has 0 unspecified atom stereocenters. The molecular weight excluding hydrogens is 356 g/mol. The fourth-order valence-corrected chi connectivity index (χ4v) is 3.40. The zero-order valence-electron chi connectivity index (χ0n) is 17.4. The Bertz CT molecular complexity index is 729. The third-order valence-electron chi connectivity index (χ3n) is 5.01. The maximum absolute atomic E-state index is 6.17. The van der Waals surface area contributed by atoms with Gasteiger partial charge in [0.05, 0.1) is 25.0 Å². The standard InChI is InChI=1S/C21H32N2O3Si/c1-21(2,3)27(5,6)26-15-9-14-25-16-17-12-13-22-20(23-17)18-10-7-8-11-19(18)24-4/h7-8,10-13H,9,14-16H2,1-6H3. The van der Waals surface area contributed by atoms with E-state index in [0.29, 0.717) is 19.0 Å². The number of benzene rings is 1. The molecule has 2 aromatic rings. The van der Waals surface area contributed by atoms with Crippen molar-refractivity contribution in [3.05, 3.63) is 42.2 Å². The molecule has 0 spiro atoms. The average Bonchev–Trinajstić information content (AvgIpc) is 2.63. The van der Waals surface area contributed by atoms with Crippen molar-refractivity contribution in [3.63, 3.8) is 0 Å². The number of methoxy groups -OCH3 is 1. The number of para-hydroxylation sites is 1. The molecule has 1 aromatic heterocycles. The Morgan fingerprint density at radius 1 is 1.04 bits per heavy atom. The van der Waals surface area contributed by atoms with Crippen LogP contribution in [-0.4, -0.2) is 38.6 Å². The SMILES string of the molecule is COc1ccccc1-c1nccc(COCCCO[Si](C)(C)C(C)(C)C)n1. The highest BCUT2D eigenvalue weighted by Crippen LogP contribution is 2.36. The quantitative estimate of drug-likeness (QED) is 0.443. The first-order chi connectivity index (χ1) is 12.7. The van der Waals surface area contributed by atoms with E-state index in [1.54, 1.807) is 13.3 Å². The molecule has 0 N–H and O–H groups in total. The number of rotatable bonds is 9. The number of nitrogens with zero attached hydrogens (tertiary/aromatic N) is 2. The molecule has 0 atom stereocenters. The molecule has 27 heavy (non-hydrogen) atoms. The van der Waals surface area contributed by atoms with E-state index < -0.39 is 8.32 Å². The Kier molecular flexibility index (Phi) is 7.53. The van der Waals surface area contributed by atoms with Gasteiger partial charge in [-0.1, -0.05) is 32.9 Å². The molecule has 0 radical (unpaired) electrons. The number of hydrogen-bond donors (Lipinski definition) is 0. The summed E-state index contributed by atoms with van der Waals surface area (Å²) in [7, 11) is -0.0206. The Labute approximate surface area is 164 Å². The Morgan fingerprint density at radius 2 is 1.78 bits per heavy atom. The molecule has 0 saturated heterocycles. The summed E-state index contributed by atoms with van der Waals surface area (Å²) < 4.78 is 17.3. The maximum Gasteiger partial charge on any atom is 0.191 e. The van der Waals surface area contributed by atoms with Crippen LogP contribution in [0.1, 0.15) is 32.9 Å². The normalized spacial score (nSPS) is 12.2. The van der Waals surface area contributed by atoms with Crippen LogP contribution < -0.4 is 4.74 Å². The lowest BCUT2D eigenvalue weighted by molar-refractivity contribution is 0.103. The summed E-state index contributed by atoms with van der Waals surface area (Å²) in [6.45, 7) is 13.2. The molecular formula is C21H32N2O3Si. The molecule has 0 aliphatic heterocycles. The molecule has 148 valence electrons. The molecule has 0 fully saturated rings. The van der Waals surface area contributed by atoms with Crippen LogP contribution in [0, 0.1) is 0 Å². The number of ether oxygens (including phenoxy) is 2. The van der Waals surface area contributed by atoms with Gasteiger partial charge in [-0.2, -0.15) is 0 Å². The van der Waals surface area contributed by atoms with Crippen LogP contribution in [0.15, 0.2) is 36.5 Å². The average molecular weight is 389 g/mol. The lowest BCUT2D eigenvalue weighted by atomic mass is 10.2. The van der Waals surface area contributed by atoms with E-state index in [1.165, 1.54) is 0 Å². The first-order valence-electron chi connectivity index (χ1n) is 9.41. The zero-order chi connectivity index (χ0) is 19.9. The Balaban J connectivity index is 1.82. The van der Waals surface area contributed by atoms with Crippen molar-refractivity contribution >= 4 is 8.32 Å². The fourth-order valence-electron chi connectivity index (χ4n) is 2.32. The van der Waals surface area contributed by atoms with Crippen molar-refractivity contribution in [1.82, 2.24) is 9.97 Å². The van der Waals surface area contributed by atoms with Crippen molar-refractivity contribution in [2.75, 3.05) is 20.3 Å².